The summed E-state index contributed by atoms with van der Waals surface area (Å²) in [6.45, 7) is 5.35. The van der Waals surface area contributed by atoms with Gasteiger partial charge in [-0.25, -0.2) is 9.59 Å². The molecule has 0 unspecified atom stereocenters. The van der Waals surface area contributed by atoms with Gasteiger partial charge in [-0.05, 0) is 50.6 Å². The van der Waals surface area contributed by atoms with Crippen molar-refractivity contribution in [2.45, 2.75) is 27.4 Å². The molecule has 3 aromatic rings. The molecule has 0 radical (unpaired) electrons. The van der Waals surface area contributed by atoms with E-state index in [4.69, 9.17) is 23.4 Å². The number of carbonyl (C=O) groups excluding carboxylic acids is 3. The number of amides is 1. The van der Waals surface area contributed by atoms with Gasteiger partial charge in [0.2, 0.25) is 0 Å². The predicted molar refractivity (Wildman–Crippen MR) is 125 cm³/mol. The molecule has 0 aliphatic carbocycles. The molecule has 0 bridgehead atoms. The molecule has 1 amide bonds. The van der Waals surface area contributed by atoms with E-state index in [1.165, 1.54) is 6.07 Å². The summed E-state index contributed by atoms with van der Waals surface area (Å²) in [6, 6.07) is 10.3. The van der Waals surface area contributed by atoms with Crippen LogP contribution < -0.4 is 14.8 Å². The van der Waals surface area contributed by atoms with Crippen LogP contribution in [0.2, 0.25) is 0 Å². The molecule has 0 aliphatic heterocycles. The fourth-order valence-electron chi connectivity index (χ4n) is 3.07. The lowest BCUT2D eigenvalue weighted by Crippen LogP contribution is -2.14. The van der Waals surface area contributed by atoms with Gasteiger partial charge in [0.25, 0.3) is 5.91 Å². The Morgan fingerprint density at radius 1 is 0.971 bits per heavy atom. The number of rotatable bonds is 10. The van der Waals surface area contributed by atoms with Crippen LogP contribution in [0.4, 0.5) is 5.00 Å². The van der Waals surface area contributed by atoms with Crippen molar-refractivity contribution in [2.24, 2.45) is 0 Å². The van der Waals surface area contributed by atoms with Crippen LogP contribution in [0, 0.1) is 6.92 Å². The Labute approximate surface area is 200 Å². The highest BCUT2D eigenvalue weighted by Crippen LogP contribution is 2.35. The Morgan fingerprint density at radius 3 is 2.32 bits per heavy atom. The molecule has 0 atom stereocenters. The molecule has 1 aromatic carbocycles. The smallest absolute Gasteiger partial charge is 0.348 e. The first-order valence-corrected chi connectivity index (χ1v) is 11.3. The monoisotopic (exact) mass is 487 g/mol. The molecular weight excluding hydrogens is 462 g/mol. The summed E-state index contributed by atoms with van der Waals surface area (Å²) in [7, 11) is 1.54. The summed E-state index contributed by atoms with van der Waals surface area (Å²) in [5.41, 5.74) is 0.483. The third kappa shape index (κ3) is 5.57. The molecule has 0 fully saturated rings. The van der Waals surface area contributed by atoms with Crippen molar-refractivity contribution in [1.82, 2.24) is 0 Å². The van der Waals surface area contributed by atoms with Gasteiger partial charge in [0.05, 0.1) is 25.9 Å². The maximum Gasteiger partial charge on any atom is 0.348 e. The number of carbonyl (C=O) groups is 3. The minimum atomic E-state index is -0.646. The summed E-state index contributed by atoms with van der Waals surface area (Å²) in [4.78, 5) is 37.8. The quantitative estimate of drug-likeness (QED) is 0.404. The van der Waals surface area contributed by atoms with E-state index in [-0.39, 0.29) is 41.0 Å². The lowest BCUT2D eigenvalue weighted by Gasteiger charge is -2.08. The zero-order valence-electron chi connectivity index (χ0n) is 19.3. The summed E-state index contributed by atoms with van der Waals surface area (Å²) in [5, 5.41) is 2.82. The number of thiophene rings is 1. The van der Waals surface area contributed by atoms with Gasteiger partial charge in [0, 0.05) is 0 Å². The van der Waals surface area contributed by atoms with Crippen LogP contribution in [0.3, 0.4) is 0 Å². The van der Waals surface area contributed by atoms with Crippen LogP contribution in [0.25, 0.3) is 0 Å². The molecule has 34 heavy (non-hydrogen) atoms. The second-order valence-electron chi connectivity index (χ2n) is 6.86. The molecule has 1 N–H and O–H groups in total. The predicted octanol–water partition coefficient (Wildman–Crippen LogP) is 4.84. The maximum atomic E-state index is 12.8. The van der Waals surface area contributed by atoms with E-state index >= 15 is 0 Å². The number of furan rings is 1. The Kier molecular flexibility index (Phi) is 8.31. The Balaban J connectivity index is 1.77. The van der Waals surface area contributed by atoms with E-state index in [1.807, 2.05) is 12.1 Å². The normalized spacial score (nSPS) is 10.5. The first-order valence-electron chi connectivity index (χ1n) is 10.5. The molecule has 0 spiro atoms. The second kappa shape index (κ2) is 11.4. The standard InChI is InChI=1S/C24H25NO8S/c1-5-30-23(27)19-14(3)20(24(28)31-6-2)34-22(19)25-21(26)18-12-11-15(33-18)13-32-17-10-8-7-9-16(17)29-4/h7-12H,5-6,13H2,1-4H3,(H,25,26). The lowest BCUT2D eigenvalue weighted by molar-refractivity contribution is 0.0527. The molecule has 2 aromatic heterocycles. The largest absolute Gasteiger partial charge is 0.493 e. The van der Waals surface area contributed by atoms with E-state index in [0.29, 0.717) is 22.8 Å². The zero-order valence-corrected chi connectivity index (χ0v) is 20.1. The lowest BCUT2D eigenvalue weighted by atomic mass is 10.1. The number of ether oxygens (including phenoxy) is 4. The Bertz CT molecular complexity index is 1180. The van der Waals surface area contributed by atoms with E-state index in [0.717, 1.165) is 11.3 Å². The first kappa shape index (κ1) is 24.8. The highest BCUT2D eigenvalue weighted by atomic mass is 32.1. The third-order valence-corrected chi connectivity index (χ3v) is 5.83. The number of nitrogens with one attached hydrogen (secondary N) is 1. The summed E-state index contributed by atoms with van der Waals surface area (Å²) in [5.74, 6) is -0.285. The number of esters is 2. The topological polar surface area (TPSA) is 113 Å². The summed E-state index contributed by atoms with van der Waals surface area (Å²) in [6.07, 6.45) is 0. The number of anilines is 1. The van der Waals surface area contributed by atoms with Crippen molar-refractivity contribution in [1.29, 1.82) is 0 Å². The van der Waals surface area contributed by atoms with Crippen molar-refractivity contribution < 1.29 is 37.7 Å². The number of hydrogen-bond acceptors (Lipinski definition) is 9. The number of hydrogen-bond donors (Lipinski definition) is 1. The zero-order chi connectivity index (χ0) is 24.7. The first-order chi connectivity index (χ1) is 16.4. The maximum absolute atomic E-state index is 12.8. The average molecular weight is 488 g/mol. The minimum Gasteiger partial charge on any atom is -0.493 e. The van der Waals surface area contributed by atoms with Gasteiger partial charge in [-0.1, -0.05) is 12.1 Å². The molecule has 2 heterocycles. The van der Waals surface area contributed by atoms with Gasteiger partial charge in [-0.3, -0.25) is 4.79 Å². The second-order valence-corrected chi connectivity index (χ2v) is 7.88. The van der Waals surface area contributed by atoms with Gasteiger partial charge in [-0.2, -0.15) is 0 Å². The Morgan fingerprint density at radius 2 is 1.65 bits per heavy atom. The number of methoxy groups -OCH3 is 1. The Hall–Kier alpha value is -3.79. The molecule has 9 nitrogen and oxygen atoms in total. The molecule has 180 valence electrons. The summed E-state index contributed by atoms with van der Waals surface area (Å²) < 4.78 is 26.7. The number of para-hydroxylation sites is 2. The van der Waals surface area contributed by atoms with E-state index < -0.39 is 17.8 Å². The molecule has 0 saturated carbocycles. The van der Waals surface area contributed by atoms with Crippen molar-refractivity contribution >= 4 is 34.2 Å². The van der Waals surface area contributed by atoms with Crippen LogP contribution >= 0.6 is 11.3 Å². The van der Waals surface area contributed by atoms with Gasteiger partial charge in [0.1, 0.15) is 22.2 Å². The summed E-state index contributed by atoms with van der Waals surface area (Å²) >= 11 is 0.942. The molecule has 10 heteroatoms. The fourth-order valence-corrected chi connectivity index (χ4v) is 4.15. The van der Waals surface area contributed by atoms with Gasteiger partial charge in [0.15, 0.2) is 17.3 Å². The highest BCUT2D eigenvalue weighted by Gasteiger charge is 2.28. The molecule has 0 saturated heterocycles. The van der Waals surface area contributed by atoms with E-state index in [9.17, 15) is 14.4 Å². The average Bonchev–Trinajstić information content (AvgIpc) is 3.43. The van der Waals surface area contributed by atoms with Crippen LogP contribution in [0.5, 0.6) is 11.5 Å². The van der Waals surface area contributed by atoms with Gasteiger partial charge >= 0.3 is 11.9 Å². The van der Waals surface area contributed by atoms with E-state index in [1.54, 1.807) is 46.1 Å². The van der Waals surface area contributed by atoms with Crippen molar-refractivity contribution in [3.8, 4) is 11.5 Å². The van der Waals surface area contributed by atoms with Crippen LogP contribution in [-0.2, 0) is 16.1 Å². The van der Waals surface area contributed by atoms with Crippen LogP contribution in [-0.4, -0.2) is 38.2 Å². The van der Waals surface area contributed by atoms with Crippen molar-refractivity contribution in [2.75, 3.05) is 25.6 Å². The van der Waals surface area contributed by atoms with Gasteiger partial charge < -0.3 is 28.7 Å². The highest BCUT2D eigenvalue weighted by molar-refractivity contribution is 7.18. The molecular formula is C24H25NO8S. The molecule has 3 rings (SSSR count). The SMILES string of the molecule is CCOC(=O)c1sc(NC(=O)c2ccc(COc3ccccc3OC)o2)c(C(=O)OCC)c1C. The molecule has 0 aliphatic rings. The van der Waals surface area contributed by atoms with Crippen molar-refractivity contribution in [3.63, 3.8) is 0 Å². The van der Waals surface area contributed by atoms with E-state index in [2.05, 4.69) is 5.32 Å². The third-order valence-electron chi connectivity index (χ3n) is 4.64. The fraction of sp³-hybridized carbons (Fsp3) is 0.292. The van der Waals surface area contributed by atoms with Gasteiger partial charge in [-0.15, -0.1) is 11.3 Å². The van der Waals surface area contributed by atoms with Crippen LogP contribution in [0.15, 0.2) is 40.8 Å². The van der Waals surface area contributed by atoms with Crippen molar-refractivity contribution in [3.05, 3.63) is 63.9 Å². The minimum absolute atomic E-state index is 0.0113. The van der Waals surface area contributed by atoms with Crippen LogP contribution in [0.1, 0.15) is 55.8 Å². The number of benzene rings is 1.